The van der Waals surface area contributed by atoms with Gasteiger partial charge >= 0.3 is 0 Å². The van der Waals surface area contributed by atoms with Crippen molar-refractivity contribution in [2.24, 2.45) is 7.05 Å². The minimum atomic E-state index is 0.542. The summed E-state index contributed by atoms with van der Waals surface area (Å²) in [6.07, 6.45) is 11.4. The van der Waals surface area contributed by atoms with Crippen molar-refractivity contribution >= 4 is 11.8 Å². The average Bonchev–Trinajstić information content (AvgIpc) is 3.20. The number of imidazole rings is 1. The van der Waals surface area contributed by atoms with E-state index in [0.717, 1.165) is 18.2 Å². The molecule has 0 unspecified atom stereocenters. The molecule has 0 aliphatic carbocycles. The van der Waals surface area contributed by atoms with Crippen LogP contribution >= 0.6 is 11.8 Å². The van der Waals surface area contributed by atoms with E-state index >= 15 is 0 Å². The fraction of sp³-hybridized carbons (Fsp3) is 0.688. The van der Waals surface area contributed by atoms with Crippen molar-refractivity contribution in [3.8, 4) is 0 Å². The Morgan fingerprint density at radius 3 is 2.78 bits per heavy atom. The Bertz CT molecular complexity index is 586. The van der Waals surface area contributed by atoms with E-state index < -0.39 is 0 Å². The summed E-state index contributed by atoms with van der Waals surface area (Å²) in [6.45, 7) is 4.33. The molecule has 0 amide bonds. The Balaban J connectivity index is 1.55. The van der Waals surface area contributed by atoms with Crippen molar-refractivity contribution < 1.29 is 0 Å². The summed E-state index contributed by atoms with van der Waals surface area (Å²) < 4.78 is 4.20. The summed E-state index contributed by atoms with van der Waals surface area (Å²) in [4.78, 5) is 6.67. The highest BCUT2D eigenvalue weighted by Crippen LogP contribution is 2.27. The van der Waals surface area contributed by atoms with Gasteiger partial charge in [-0.15, -0.1) is 10.2 Å². The Hall–Kier alpha value is -1.34. The monoisotopic (exact) mass is 334 g/mol. The predicted molar refractivity (Wildman–Crippen MR) is 93.7 cm³/mol. The van der Waals surface area contributed by atoms with E-state index in [1.807, 2.05) is 28.9 Å². The number of aromatic nitrogens is 5. The number of hydrogen-bond donors (Lipinski definition) is 0. The van der Waals surface area contributed by atoms with E-state index in [0.29, 0.717) is 5.92 Å². The zero-order chi connectivity index (χ0) is 16.1. The largest absolute Gasteiger partial charge is 0.330 e. The number of thioether (sulfide) groups is 1. The molecule has 1 aliphatic heterocycles. The number of likely N-dealkylation sites (tertiary alicyclic amines) is 1. The summed E-state index contributed by atoms with van der Waals surface area (Å²) in [5.74, 6) is 3.95. The van der Waals surface area contributed by atoms with E-state index in [1.165, 1.54) is 44.6 Å². The normalized spacial score (nSPS) is 17.0. The molecule has 1 saturated heterocycles. The van der Waals surface area contributed by atoms with Crippen LogP contribution < -0.4 is 0 Å². The highest BCUT2D eigenvalue weighted by molar-refractivity contribution is 7.98. The van der Waals surface area contributed by atoms with Gasteiger partial charge in [-0.25, -0.2) is 4.98 Å². The first kappa shape index (κ1) is 16.5. The lowest BCUT2D eigenvalue weighted by atomic mass is 9.96. The molecule has 126 valence electrons. The zero-order valence-corrected chi connectivity index (χ0v) is 14.9. The summed E-state index contributed by atoms with van der Waals surface area (Å²) in [5, 5.41) is 8.87. The molecule has 2 aromatic heterocycles. The molecule has 7 heteroatoms. The topological polar surface area (TPSA) is 51.8 Å². The highest BCUT2D eigenvalue weighted by atomic mass is 32.2. The fourth-order valence-corrected chi connectivity index (χ4v) is 3.68. The van der Waals surface area contributed by atoms with Gasteiger partial charge in [0.1, 0.15) is 5.82 Å². The smallest absolute Gasteiger partial charge is 0.152 e. The van der Waals surface area contributed by atoms with Crippen molar-refractivity contribution in [2.45, 2.75) is 31.7 Å². The van der Waals surface area contributed by atoms with E-state index in [-0.39, 0.29) is 0 Å². The van der Waals surface area contributed by atoms with E-state index in [9.17, 15) is 0 Å². The predicted octanol–water partition coefficient (Wildman–Crippen LogP) is 1.99. The van der Waals surface area contributed by atoms with Crippen molar-refractivity contribution in [1.82, 2.24) is 29.2 Å². The van der Waals surface area contributed by atoms with Gasteiger partial charge in [-0.1, -0.05) is 0 Å². The molecule has 0 atom stereocenters. The molecule has 0 radical (unpaired) electrons. The highest BCUT2D eigenvalue weighted by Gasteiger charge is 2.24. The van der Waals surface area contributed by atoms with Crippen LogP contribution in [0, 0.1) is 0 Å². The van der Waals surface area contributed by atoms with Gasteiger partial charge in [-0.2, -0.15) is 11.8 Å². The average molecular weight is 334 g/mol. The molecule has 3 rings (SSSR count). The van der Waals surface area contributed by atoms with Gasteiger partial charge in [0.15, 0.2) is 5.82 Å². The van der Waals surface area contributed by atoms with Crippen LogP contribution in [0.1, 0.15) is 36.8 Å². The first-order valence-corrected chi connectivity index (χ1v) is 9.72. The van der Waals surface area contributed by atoms with Gasteiger partial charge in [-0.3, -0.25) is 0 Å². The lowest BCUT2D eigenvalue weighted by Gasteiger charge is -2.31. The second kappa shape index (κ2) is 7.97. The first-order chi connectivity index (χ1) is 11.3. The number of piperidine rings is 1. The Kier molecular flexibility index (Phi) is 5.72. The maximum atomic E-state index is 4.48. The molecule has 23 heavy (non-hydrogen) atoms. The van der Waals surface area contributed by atoms with Crippen LogP contribution in [0.2, 0.25) is 0 Å². The molecule has 1 aliphatic rings. The lowest BCUT2D eigenvalue weighted by molar-refractivity contribution is 0.209. The van der Waals surface area contributed by atoms with Gasteiger partial charge in [0.2, 0.25) is 0 Å². The van der Waals surface area contributed by atoms with Crippen molar-refractivity contribution in [1.29, 1.82) is 0 Å². The van der Waals surface area contributed by atoms with Gasteiger partial charge in [0, 0.05) is 25.4 Å². The standard InChI is InChI=1S/C16H26N6S/c1-20-15(12-22-10-6-17-13-22)18-19-16(20)14-4-8-21(9-5-14)7-3-11-23-2/h6,10,13-14H,3-5,7-9,11-12H2,1-2H3. The minimum Gasteiger partial charge on any atom is -0.330 e. The second-order valence-corrected chi connectivity index (χ2v) is 7.22. The van der Waals surface area contributed by atoms with Crippen molar-refractivity contribution in [3.05, 3.63) is 30.4 Å². The van der Waals surface area contributed by atoms with Crippen molar-refractivity contribution in [3.63, 3.8) is 0 Å². The molecular weight excluding hydrogens is 308 g/mol. The molecule has 0 aromatic carbocycles. The molecule has 0 spiro atoms. The Morgan fingerprint density at radius 1 is 1.26 bits per heavy atom. The fourth-order valence-electron chi connectivity index (χ4n) is 3.26. The van der Waals surface area contributed by atoms with Crippen molar-refractivity contribution in [2.75, 3.05) is 31.6 Å². The number of nitrogens with zero attached hydrogens (tertiary/aromatic N) is 6. The minimum absolute atomic E-state index is 0.542. The van der Waals surface area contributed by atoms with Gasteiger partial charge in [0.05, 0.1) is 12.9 Å². The molecule has 1 fully saturated rings. The Morgan fingerprint density at radius 2 is 2.09 bits per heavy atom. The van der Waals surface area contributed by atoms with E-state index in [2.05, 4.69) is 38.0 Å². The van der Waals surface area contributed by atoms with Gasteiger partial charge in [0.25, 0.3) is 0 Å². The van der Waals surface area contributed by atoms with Crippen LogP contribution in [-0.4, -0.2) is 60.9 Å². The Labute approximate surface area is 142 Å². The molecule has 3 heterocycles. The maximum Gasteiger partial charge on any atom is 0.152 e. The molecular formula is C16H26N6S. The van der Waals surface area contributed by atoms with Crippen LogP contribution in [0.4, 0.5) is 0 Å². The lowest BCUT2D eigenvalue weighted by Crippen LogP contribution is -2.34. The number of hydrogen-bond acceptors (Lipinski definition) is 5. The third kappa shape index (κ3) is 4.14. The van der Waals surface area contributed by atoms with Crippen LogP contribution in [0.15, 0.2) is 18.7 Å². The zero-order valence-electron chi connectivity index (χ0n) is 14.1. The van der Waals surface area contributed by atoms with E-state index in [4.69, 9.17) is 0 Å². The van der Waals surface area contributed by atoms with Crippen LogP contribution in [0.25, 0.3) is 0 Å². The number of rotatable bonds is 7. The molecule has 0 bridgehead atoms. The van der Waals surface area contributed by atoms with E-state index in [1.54, 1.807) is 6.20 Å². The molecule has 6 nitrogen and oxygen atoms in total. The quantitative estimate of drug-likeness (QED) is 0.725. The summed E-state index contributed by atoms with van der Waals surface area (Å²) >= 11 is 1.94. The SMILES string of the molecule is CSCCCN1CCC(c2nnc(Cn3ccnc3)n2C)CC1. The first-order valence-electron chi connectivity index (χ1n) is 8.33. The summed E-state index contributed by atoms with van der Waals surface area (Å²) in [7, 11) is 2.09. The van der Waals surface area contributed by atoms with Crippen LogP contribution in [0.5, 0.6) is 0 Å². The van der Waals surface area contributed by atoms with Gasteiger partial charge < -0.3 is 14.0 Å². The second-order valence-electron chi connectivity index (χ2n) is 6.23. The molecule has 2 aromatic rings. The third-order valence-corrected chi connectivity index (χ3v) is 5.35. The molecule has 0 N–H and O–H groups in total. The maximum absolute atomic E-state index is 4.48. The van der Waals surface area contributed by atoms with Crippen LogP contribution in [-0.2, 0) is 13.6 Å². The summed E-state index contributed by atoms with van der Waals surface area (Å²) in [6, 6.07) is 0. The molecule has 0 saturated carbocycles. The van der Waals surface area contributed by atoms with Gasteiger partial charge in [-0.05, 0) is 50.9 Å². The summed E-state index contributed by atoms with van der Waals surface area (Å²) in [5.41, 5.74) is 0. The third-order valence-electron chi connectivity index (χ3n) is 4.66. The van der Waals surface area contributed by atoms with Crippen LogP contribution in [0.3, 0.4) is 0 Å².